The SMILES string of the molecule is CNCCC1Cc2c(OC)cccc2O1. The highest BCUT2D eigenvalue weighted by atomic mass is 16.5. The van der Waals surface area contributed by atoms with Gasteiger partial charge in [-0.2, -0.15) is 0 Å². The van der Waals surface area contributed by atoms with Crippen LogP contribution in [0.5, 0.6) is 11.5 Å². The second-order valence-electron chi connectivity index (χ2n) is 3.77. The smallest absolute Gasteiger partial charge is 0.126 e. The van der Waals surface area contributed by atoms with Gasteiger partial charge in [0.05, 0.1) is 7.11 Å². The normalized spacial score (nSPS) is 18.4. The Morgan fingerprint density at radius 2 is 2.40 bits per heavy atom. The Morgan fingerprint density at radius 3 is 3.13 bits per heavy atom. The standard InChI is InChI=1S/C12H17NO2/c1-13-7-6-9-8-10-11(14-2)4-3-5-12(10)15-9/h3-5,9,13H,6-8H2,1-2H3. The predicted molar refractivity (Wildman–Crippen MR) is 59.7 cm³/mol. The van der Waals surface area contributed by atoms with Crippen LogP contribution in [0.2, 0.25) is 0 Å². The molecule has 1 aromatic rings. The number of nitrogens with one attached hydrogen (secondary N) is 1. The van der Waals surface area contributed by atoms with Gasteiger partial charge in [-0.3, -0.25) is 0 Å². The monoisotopic (exact) mass is 207 g/mol. The number of hydrogen-bond acceptors (Lipinski definition) is 3. The Bertz CT molecular complexity index is 338. The molecule has 2 rings (SSSR count). The zero-order valence-corrected chi connectivity index (χ0v) is 9.25. The highest BCUT2D eigenvalue weighted by molar-refractivity contribution is 5.47. The van der Waals surface area contributed by atoms with E-state index in [4.69, 9.17) is 9.47 Å². The molecule has 0 spiro atoms. The van der Waals surface area contributed by atoms with E-state index in [1.807, 2.05) is 25.2 Å². The summed E-state index contributed by atoms with van der Waals surface area (Å²) in [5, 5.41) is 3.14. The summed E-state index contributed by atoms with van der Waals surface area (Å²) in [5.41, 5.74) is 1.21. The van der Waals surface area contributed by atoms with E-state index < -0.39 is 0 Å². The van der Waals surface area contributed by atoms with E-state index >= 15 is 0 Å². The molecule has 1 aliphatic rings. The van der Waals surface area contributed by atoms with Gasteiger partial charge in [-0.1, -0.05) is 6.07 Å². The Kier molecular flexibility index (Phi) is 3.11. The summed E-state index contributed by atoms with van der Waals surface area (Å²) in [5.74, 6) is 1.93. The maximum Gasteiger partial charge on any atom is 0.126 e. The Labute approximate surface area is 90.4 Å². The molecule has 0 fully saturated rings. The zero-order chi connectivity index (χ0) is 10.7. The first kappa shape index (κ1) is 10.3. The molecule has 0 aromatic heterocycles. The molecule has 3 heteroatoms. The Morgan fingerprint density at radius 1 is 1.53 bits per heavy atom. The van der Waals surface area contributed by atoms with Gasteiger partial charge in [-0.25, -0.2) is 0 Å². The minimum atomic E-state index is 0.295. The highest BCUT2D eigenvalue weighted by Crippen LogP contribution is 2.36. The third kappa shape index (κ3) is 2.07. The molecule has 1 N–H and O–H groups in total. The lowest BCUT2D eigenvalue weighted by atomic mass is 10.1. The van der Waals surface area contributed by atoms with E-state index in [-0.39, 0.29) is 0 Å². The van der Waals surface area contributed by atoms with Crippen molar-refractivity contribution in [2.24, 2.45) is 0 Å². The van der Waals surface area contributed by atoms with Crippen molar-refractivity contribution in [1.29, 1.82) is 0 Å². The van der Waals surface area contributed by atoms with Gasteiger partial charge < -0.3 is 14.8 Å². The summed E-state index contributed by atoms with van der Waals surface area (Å²) >= 11 is 0. The van der Waals surface area contributed by atoms with Crippen molar-refractivity contribution < 1.29 is 9.47 Å². The lowest BCUT2D eigenvalue weighted by Gasteiger charge is -2.09. The fraction of sp³-hybridized carbons (Fsp3) is 0.500. The first-order valence-corrected chi connectivity index (χ1v) is 5.32. The highest BCUT2D eigenvalue weighted by Gasteiger charge is 2.24. The maximum absolute atomic E-state index is 5.83. The predicted octanol–water partition coefficient (Wildman–Crippen LogP) is 1.61. The van der Waals surface area contributed by atoms with Crippen LogP contribution in [0.15, 0.2) is 18.2 Å². The van der Waals surface area contributed by atoms with Crippen LogP contribution in [0.25, 0.3) is 0 Å². The zero-order valence-electron chi connectivity index (χ0n) is 9.25. The summed E-state index contributed by atoms with van der Waals surface area (Å²) in [6.07, 6.45) is 2.29. The van der Waals surface area contributed by atoms with Gasteiger partial charge in [0.2, 0.25) is 0 Å². The largest absolute Gasteiger partial charge is 0.496 e. The lowest BCUT2D eigenvalue weighted by Crippen LogP contribution is -2.20. The summed E-state index contributed by atoms with van der Waals surface area (Å²) in [6.45, 7) is 0.987. The summed E-state index contributed by atoms with van der Waals surface area (Å²) in [6, 6.07) is 5.97. The van der Waals surface area contributed by atoms with Gasteiger partial charge in [-0.05, 0) is 32.1 Å². The molecule has 3 nitrogen and oxygen atoms in total. The molecule has 1 aromatic carbocycles. The molecule has 15 heavy (non-hydrogen) atoms. The molecule has 0 amide bonds. The molecular weight excluding hydrogens is 190 g/mol. The number of ether oxygens (including phenoxy) is 2. The molecule has 1 unspecified atom stereocenters. The molecular formula is C12H17NO2. The molecule has 0 bridgehead atoms. The van der Waals surface area contributed by atoms with E-state index in [1.165, 1.54) is 5.56 Å². The van der Waals surface area contributed by atoms with Crippen molar-refractivity contribution in [1.82, 2.24) is 5.32 Å². The average Bonchev–Trinajstić information content (AvgIpc) is 2.68. The third-order valence-electron chi connectivity index (χ3n) is 2.75. The van der Waals surface area contributed by atoms with Gasteiger partial charge in [0.1, 0.15) is 17.6 Å². The molecule has 1 atom stereocenters. The molecule has 1 heterocycles. The summed E-state index contributed by atoms with van der Waals surface area (Å²) < 4.78 is 11.1. The second-order valence-corrected chi connectivity index (χ2v) is 3.77. The van der Waals surface area contributed by atoms with Crippen LogP contribution in [0.1, 0.15) is 12.0 Å². The minimum absolute atomic E-state index is 0.295. The molecule has 0 radical (unpaired) electrons. The second kappa shape index (κ2) is 4.53. The van der Waals surface area contributed by atoms with Crippen LogP contribution in [0.3, 0.4) is 0 Å². The van der Waals surface area contributed by atoms with Crippen LogP contribution in [0.4, 0.5) is 0 Å². The summed E-state index contributed by atoms with van der Waals surface area (Å²) in [7, 11) is 3.67. The average molecular weight is 207 g/mol. The minimum Gasteiger partial charge on any atom is -0.496 e. The lowest BCUT2D eigenvalue weighted by molar-refractivity contribution is 0.221. The van der Waals surface area contributed by atoms with Crippen molar-refractivity contribution >= 4 is 0 Å². The van der Waals surface area contributed by atoms with E-state index in [0.29, 0.717) is 6.10 Å². The number of fused-ring (bicyclic) bond motifs is 1. The number of benzene rings is 1. The van der Waals surface area contributed by atoms with Crippen LogP contribution >= 0.6 is 0 Å². The quantitative estimate of drug-likeness (QED) is 0.813. The van der Waals surface area contributed by atoms with Crippen LogP contribution in [0, 0.1) is 0 Å². The van der Waals surface area contributed by atoms with Crippen molar-refractivity contribution in [3.05, 3.63) is 23.8 Å². The van der Waals surface area contributed by atoms with Crippen LogP contribution < -0.4 is 14.8 Å². The van der Waals surface area contributed by atoms with Crippen LogP contribution in [-0.4, -0.2) is 26.8 Å². The molecule has 82 valence electrons. The van der Waals surface area contributed by atoms with Crippen molar-refractivity contribution in [2.45, 2.75) is 18.9 Å². The molecule has 1 aliphatic heterocycles. The molecule has 0 saturated carbocycles. The van der Waals surface area contributed by atoms with Gasteiger partial charge in [0.25, 0.3) is 0 Å². The number of methoxy groups -OCH3 is 1. The van der Waals surface area contributed by atoms with Crippen molar-refractivity contribution in [3.8, 4) is 11.5 Å². The topological polar surface area (TPSA) is 30.5 Å². The fourth-order valence-electron chi connectivity index (χ4n) is 1.96. The van der Waals surface area contributed by atoms with E-state index in [1.54, 1.807) is 7.11 Å². The molecule has 0 saturated heterocycles. The number of rotatable bonds is 4. The van der Waals surface area contributed by atoms with Gasteiger partial charge in [0.15, 0.2) is 0 Å². The van der Waals surface area contributed by atoms with Gasteiger partial charge >= 0.3 is 0 Å². The number of hydrogen-bond donors (Lipinski definition) is 1. The van der Waals surface area contributed by atoms with Crippen molar-refractivity contribution in [3.63, 3.8) is 0 Å². The summed E-state index contributed by atoms with van der Waals surface area (Å²) in [4.78, 5) is 0. The van der Waals surface area contributed by atoms with E-state index in [2.05, 4.69) is 5.32 Å². The maximum atomic E-state index is 5.83. The Balaban J connectivity index is 2.09. The Hall–Kier alpha value is -1.22. The van der Waals surface area contributed by atoms with E-state index in [9.17, 15) is 0 Å². The molecule has 0 aliphatic carbocycles. The van der Waals surface area contributed by atoms with Crippen molar-refractivity contribution in [2.75, 3.05) is 20.7 Å². The first-order valence-electron chi connectivity index (χ1n) is 5.32. The van der Waals surface area contributed by atoms with Gasteiger partial charge in [0, 0.05) is 12.0 Å². The van der Waals surface area contributed by atoms with Crippen LogP contribution in [-0.2, 0) is 6.42 Å². The first-order chi connectivity index (χ1) is 7.35. The van der Waals surface area contributed by atoms with E-state index in [0.717, 1.165) is 30.9 Å². The fourth-order valence-corrected chi connectivity index (χ4v) is 1.96. The van der Waals surface area contributed by atoms with Gasteiger partial charge in [-0.15, -0.1) is 0 Å². The third-order valence-corrected chi connectivity index (χ3v) is 2.75.